The molecular formula is C10H18N2O3. The van der Waals surface area contributed by atoms with Crippen LogP contribution >= 0.6 is 0 Å². The van der Waals surface area contributed by atoms with Gasteiger partial charge in [-0.3, -0.25) is 9.69 Å². The number of carbonyl (C=O) groups is 1. The first-order chi connectivity index (χ1) is 7.17. The highest BCUT2D eigenvalue weighted by Gasteiger charge is 2.22. The lowest BCUT2D eigenvalue weighted by atomic mass is 10.2. The van der Waals surface area contributed by atoms with Gasteiger partial charge < -0.3 is 9.84 Å². The van der Waals surface area contributed by atoms with E-state index in [2.05, 4.69) is 0 Å². The average Bonchev–Trinajstić information content (AvgIpc) is 2.21. The third-order valence-electron chi connectivity index (χ3n) is 2.21. The molecule has 0 bridgehead atoms. The van der Waals surface area contributed by atoms with Crippen LogP contribution in [0.3, 0.4) is 0 Å². The summed E-state index contributed by atoms with van der Waals surface area (Å²) in [4.78, 5) is 12.7. The van der Waals surface area contributed by atoms with Crippen molar-refractivity contribution in [1.82, 2.24) is 4.90 Å². The molecule has 0 spiro atoms. The van der Waals surface area contributed by atoms with E-state index in [0.29, 0.717) is 32.5 Å². The number of methoxy groups -OCH3 is 1. The average molecular weight is 214 g/mol. The van der Waals surface area contributed by atoms with Crippen LogP contribution in [0.4, 0.5) is 0 Å². The van der Waals surface area contributed by atoms with Crippen molar-refractivity contribution in [2.75, 3.05) is 26.8 Å². The summed E-state index contributed by atoms with van der Waals surface area (Å²) < 4.78 is 4.91. The first-order valence-corrected chi connectivity index (χ1v) is 5.00. The van der Waals surface area contributed by atoms with Crippen LogP contribution in [-0.2, 0) is 9.53 Å². The number of aliphatic carboxylic acids is 1. The third kappa shape index (κ3) is 5.35. The molecule has 0 heterocycles. The monoisotopic (exact) mass is 214 g/mol. The zero-order valence-corrected chi connectivity index (χ0v) is 9.27. The van der Waals surface area contributed by atoms with Gasteiger partial charge >= 0.3 is 5.97 Å². The Bertz CT molecular complexity index is 225. The van der Waals surface area contributed by atoms with Gasteiger partial charge in [-0.1, -0.05) is 6.92 Å². The molecule has 0 fully saturated rings. The van der Waals surface area contributed by atoms with Gasteiger partial charge in [-0.15, -0.1) is 0 Å². The summed E-state index contributed by atoms with van der Waals surface area (Å²) >= 11 is 0. The Morgan fingerprint density at radius 1 is 1.60 bits per heavy atom. The molecule has 0 aliphatic carbocycles. The number of carboxylic acids is 1. The molecule has 0 aromatic heterocycles. The fourth-order valence-electron chi connectivity index (χ4n) is 1.41. The van der Waals surface area contributed by atoms with Crippen molar-refractivity contribution >= 4 is 5.97 Å². The Hall–Kier alpha value is -1.12. The van der Waals surface area contributed by atoms with Crippen molar-refractivity contribution < 1.29 is 14.6 Å². The number of ether oxygens (including phenoxy) is 1. The Balaban J connectivity index is 4.30. The van der Waals surface area contributed by atoms with Crippen molar-refractivity contribution in [3.05, 3.63) is 0 Å². The van der Waals surface area contributed by atoms with E-state index in [1.165, 1.54) is 0 Å². The molecule has 0 aromatic carbocycles. The summed E-state index contributed by atoms with van der Waals surface area (Å²) in [7, 11) is 1.57. The number of nitrogens with zero attached hydrogens (tertiary/aromatic N) is 2. The van der Waals surface area contributed by atoms with Crippen molar-refractivity contribution in [1.29, 1.82) is 5.26 Å². The Morgan fingerprint density at radius 2 is 2.27 bits per heavy atom. The fraction of sp³-hybridized carbons (Fsp3) is 0.800. The second kappa shape index (κ2) is 8.21. The second-order valence-corrected chi connectivity index (χ2v) is 3.20. The summed E-state index contributed by atoms with van der Waals surface area (Å²) in [5.41, 5.74) is 0. The number of carboxylic acid groups (broad SMARTS) is 1. The number of rotatable bonds is 8. The zero-order valence-electron chi connectivity index (χ0n) is 9.27. The maximum Gasteiger partial charge on any atom is 0.320 e. The lowest BCUT2D eigenvalue weighted by molar-refractivity contribution is -0.143. The van der Waals surface area contributed by atoms with Crippen molar-refractivity contribution in [2.24, 2.45) is 0 Å². The Kier molecular flexibility index (Phi) is 7.60. The smallest absolute Gasteiger partial charge is 0.320 e. The van der Waals surface area contributed by atoms with E-state index in [1.807, 2.05) is 13.0 Å². The molecule has 1 N–H and O–H groups in total. The van der Waals surface area contributed by atoms with Crippen molar-refractivity contribution in [3.63, 3.8) is 0 Å². The predicted octanol–water partition coefficient (Wildman–Crippen LogP) is 0.712. The van der Waals surface area contributed by atoms with Gasteiger partial charge in [0.1, 0.15) is 6.04 Å². The van der Waals surface area contributed by atoms with Crippen LogP contribution in [0.1, 0.15) is 19.8 Å². The van der Waals surface area contributed by atoms with E-state index in [1.54, 1.807) is 12.0 Å². The molecule has 0 radical (unpaired) electrons. The summed E-state index contributed by atoms with van der Waals surface area (Å²) in [6, 6.07) is 1.50. The van der Waals surface area contributed by atoms with Crippen LogP contribution in [0.15, 0.2) is 0 Å². The minimum atomic E-state index is -0.841. The molecule has 0 saturated heterocycles. The van der Waals surface area contributed by atoms with Gasteiger partial charge in [0, 0.05) is 26.6 Å². The van der Waals surface area contributed by atoms with E-state index >= 15 is 0 Å². The lowest BCUT2D eigenvalue weighted by Crippen LogP contribution is -2.43. The normalized spacial score (nSPS) is 12.4. The SMILES string of the molecule is CCC(C(=O)O)N(CCC#N)CCOC. The fourth-order valence-corrected chi connectivity index (χ4v) is 1.41. The third-order valence-corrected chi connectivity index (χ3v) is 2.21. The van der Waals surface area contributed by atoms with E-state index in [-0.39, 0.29) is 0 Å². The second-order valence-electron chi connectivity index (χ2n) is 3.20. The molecular weight excluding hydrogens is 196 g/mol. The van der Waals surface area contributed by atoms with Gasteiger partial charge in [0.05, 0.1) is 12.7 Å². The Morgan fingerprint density at radius 3 is 2.67 bits per heavy atom. The number of hydrogen-bond acceptors (Lipinski definition) is 4. The standard InChI is InChI=1S/C10H18N2O3/c1-3-9(10(13)14)12(6-4-5-11)7-8-15-2/h9H,3-4,6-8H2,1-2H3,(H,13,14). The van der Waals surface area contributed by atoms with Gasteiger partial charge in [-0.25, -0.2) is 0 Å². The first kappa shape index (κ1) is 13.9. The van der Waals surface area contributed by atoms with Crippen LogP contribution in [0.25, 0.3) is 0 Å². The highest BCUT2D eigenvalue weighted by molar-refractivity contribution is 5.73. The maximum absolute atomic E-state index is 10.9. The van der Waals surface area contributed by atoms with Crippen LogP contribution in [0.5, 0.6) is 0 Å². The minimum Gasteiger partial charge on any atom is -0.480 e. The summed E-state index contributed by atoms with van der Waals surface area (Å²) in [6.45, 7) is 3.33. The predicted molar refractivity (Wildman–Crippen MR) is 55.4 cm³/mol. The van der Waals surface area contributed by atoms with Gasteiger partial charge in [-0.2, -0.15) is 5.26 Å². The van der Waals surface area contributed by atoms with E-state index in [9.17, 15) is 4.79 Å². The lowest BCUT2D eigenvalue weighted by Gasteiger charge is -2.26. The molecule has 0 rings (SSSR count). The minimum absolute atomic E-state index is 0.341. The molecule has 5 nitrogen and oxygen atoms in total. The first-order valence-electron chi connectivity index (χ1n) is 5.00. The molecule has 0 aliphatic heterocycles. The molecule has 5 heteroatoms. The van der Waals surface area contributed by atoms with Gasteiger partial charge in [0.2, 0.25) is 0 Å². The topological polar surface area (TPSA) is 73.6 Å². The summed E-state index contributed by atoms with van der Waals surface area (Å²) in [6.07, 6.45) is 0.873. The highest BCUT2D eigenvalue weighted by Crippen LogP contribution is 2.05. The van der Waals surface area contributed by atoms with Crippen molar-refractivity contribution in [3.8, 4) is 6.07 Å². The van der Waals surface area contributed by atoms with Crippen LogP contribution in [0, 0.1) is 11.3 Å². The molecule has 1 unspecified atom stereocenters. The van der Waals surface area contributed by atoms with Crippen LogP contribution in [-0.4, -0.2) is 48.8 Å². The summed E-state index contributed by atoms with van der Waals surface area (Å²) in [5, 5.41) is 17.5. The molecule has 86 valence electrons. The molecule has 0 amide bonds. The summed E-state index contributed by atoms with van der Waals surface area (Å²) in [5.74, 6) is -0.841. The van der Waals surface area contributed by atoms with Crippen molar-refractivity contribution in [2.45, 2.75) is 25.8 Å². The van der Waals surface area contributed by atoms with Crippen LogP contribution < -0.4 is 0 Å². The van der Waals surface area contributed by atoms with Gasteiger partial charge in [-0.05, 0) is 6.42 Å². The number of nitriles is 1. The van der Waals surface area contributed by atoms with Gasteiger partial charge in [0.25, 0.3) is 0 Å². The van der Waals surface area contributed by atoms with Gasteiger partial charge in [0.15, 0.2) is 0 Å². The molecule has 0 aromatic rings. The quantitative estimate of drug-likeness (QED) is 0.644. The Labute approximate surface area is 90.2 Å². The zero-order chi connectivity index (χ0) is 11.7. The van der Waals surface area contributed by atoms with E-state index in [0.717, 1.165) is 0 Å². The largest absolute Gasteiger partial charge is 0.480 e. The molecule has 0 aliphatic rings. The molecule has 15 heavy (non-hydrogen) atoms. The molecule has 0 saturated carbocycles. The van der Waals surface area contributed by atoms with E-state index in [4.69, 9.17) is 15.1 Å². The van der Waals surface area contributed by atoms with E-state index < -0.39 is 12.0 Å². The maximum atomic E-state index is 10.9. The van der Waals surface area contributed by atoms with Crippen LogP contribution in [0.2, 0.25) is 0 Å². The number of hydrogen-bond donors (Lipinski definition) is 1. The highest BCUT2D eigenvalue weighted by atomic mass is 16.5. The molecule has 1 atom stereocenters.